The van der Waals surface area contributed by atoms with Crippen LogP contribution in [0.3, 0.4) is 0 Å². The second-order valence-electron chi connectivity index (χ2n) is 2.14. The van der Waals surface area contributed by atoms with Crippen LogP contribution >= 0.6 is 8.03 Å². The van der Waals surface area contributed by atoms with Gasteiger partial charge in [0, 0.05) is 47.9 Å². The first kappa shape index (κ1) is 12.6. The Morgan fingerprint density at radius 3 is 2.42 bits per heavy atom. The van der Waals surface area contributed by atoms with E-state index in [2.05, 4.69) is 0 Å². The van der Waals surface area contributed by atoms with E-state index in [4.69, 9.17) is 4.52 Å². The van der Waals surface area contributed by atoms with Crippen molar-refractivity contribution in [1.82, 2.24) is 0 Å². The summed E-state index contributed by atoms with van der Waals surface area (Å²) < 4.78 is 16.1. The summed E-state index contributed by atoms with van der Waals surface area (Å²) in [5.41, 5.74) is 0. The summed E-state index contributed by atoms with van der Waals surface area (Å²) in [4.78, 5) is 0. The van der Waals surface area contributed by atoms with Crippen LogP contribution in [0.5, 0.6) is 5.75 Å². The topological polar surface area (TPSA) is 26.3 Å². The first-order valence-corrected chi connectivity index (χ1v) is 5.11. The fourth-order valence-electron chi connectivity index (χ4n) is 0.692. The molecule has 1 aromatic rings. The maximum absolute atomic E-state index is 10.9. The first-order valence-electron chi connectivity index (χ1n) is 3.58. The average molecular weight is 310 g/mol. The summed E-state index contributed by atoms with van der Waals surface area (Å²) >= 11 is 0. The van der Waals surface area contributed by atoms with Gasteiger partial charge >= 0.3 is 0 Å². The summed E-state index contributed by atoms with van der Waals surface area (Å²) in [6, 6.07) is 9.23. The number of para-hydroxylation sites is 1. The number of rotatable bonds is 3. The van der Waals surface area contributed by atoms with Crippen molar-refractivity contribution in [2.45, 2.75) is 6.92 Å². The number of hydrogen-bond donors (Lipinski definition) is 0. The predicted molar refractivity (Wildman–Crippen MR) is 46.6 cm³/mol. The molecule has 0 spiro atoms. The van der Waals surface area contributed by atoms with Gasteiger partial charge in [-0.2, -0.15) is 0 Å². The largest absolute Gasteiger partial charge is 0.445 e. The van der Waals surface area contributed by atoms with E-state index in [1.807, 2.05) is 25.1 Å². The summed E-state index contributed by atoms with van der Waals surface area (Å²) in [6.07, 6.45) is 0.597. The zero-order chi connectivity index (χ0) is 8.10. The van der Waals surface area contributed by atoms with E-state index in [1.54, 1.807) is 12.1 Å². The van der Waals surface area contributed by atoms with Gasteiger partial charge in [-0.15, -0.1) is 0 Å². The van der Waals surface area contributed by atoms with Crippen LogP contribution in [0.4, 0.5) is 0 Å². The molecule has 0 amide bonds. The Morgan fingerprint density at radius 1 is 1.33 bits per heavy atom. The van der Waals surface area contributed by atoms with Gasteiger partial charge < -0.3 is 4.52 Å². The third-order valence-corrected chi connectivity index (χ3v) is 2.30. The fourth-order valence-corrected chi connectivity index (χ4v) is 1.24. The molecule has 1 aromatic carbocycles. The smallest absolute Gasteiger partial charge is 0.236 e. The first-order chi connectivity index (χ1) is 5.33. The van der Waals surface area contributed by atoms with Crippen LogP contribution in [-0.2, 0) is 4.57 Å². The molecule has 0 aromatic heterocycles. The maximum Gasteiger partial charge on any atom is 0.236 e. The number of hydrogen-bond acceptors (Lipinski definition) is 2. The van der Waals surface area contributed by atoms with Crippen LogP contribution in [-0.4, -0.2) is 6.16 Å². The summed E-state index contributed by atoms with van der Waals surface area (Å²) in [6.45, 7) is 1.85. The van der Waals surface area contributed by atoms with Crippen LogP contribution in [0.25, 0.3) is 0 Å². The molecule has 0 bridgehead atoms. The Balaban J connectivity index is 0.00000121. The van der Waals surface area contributed by atoms with Gasteiger partial charge in [-0.05, 0) is 12.1 Å². The van der Waals surface area contributed by atoms with E-state index < -0.39 is 8.03 Å². The molecule has 1 atom stereocenters. The van der Waals surface area contributed by atoms with Crippen LogP contribution in [0.2, 0.25) is 0 Å². The third-order valence-electron chi connectivity index (χ3n) is 1.26. The van der Waals surface area contributed by atoms with E-state index in [9.17, 15) is 4.57 Å². The Hall–Kier alpha value is 0.627. The summed E-state index contributed by atoms with van der Waals surface area (Å²) in [5.74, 6) is 0.693. The molecule has 1 unspecified atom stereocenters. The van der Waals surface area contributed by atoms with Crippen molar-refractivity contribution in [3.8, 4) is 5.75 Å². The van der Waals surface area contributed by atoms with Crippen molar-refractivity contribution in [1.29, 1.82) is 0 Å². The minimum Gasteiger partial charge on any atom is -0.445 e. The van der Waals surface area contributed by atoms with Gasteiger partial charge in [-0.3, -0.25) is 4.57 Å². The van der Waals surface area contributed by atoms with Crippen molar-refractivity contribution in [2.75, 3.05) is 6.16 Å². The molecule has 0 heterocycles. The third kappa shape index (κ3) is 4.60. The molecule has 0 radical (unpaired) electrons. The van der Waals surface area contributed by atoms with Crippen molar-refractivity contribution in [3.05, 3.63) is 30.3 Å². The monoisotopic (exact) mass is 310 g/mol. The zero-order valence-corrected chi connectivity index (χ0v) is 11.1. The second-order valence-corrected chi connectivity index (χ2v) is 3.80. The Labute approximate surface area is 107 Å². The molecule has 2 nitrogen and oxygen atoms in total. The Kier molecular flexibility index (Phi) is 7.44. The molecule has 1 rings (SSSR count). The normalized spacial score (nSPS) is 11.4. The molecule has 0 fully saturated rings. The van der Waals surface area contributed by atoms with Crippen molar-refractivity contribution in [2.24, 2.45) is 0 Å². The molecule has 0 N–H and O–H groups in total. The molecule has 0 saturated heterocycles. The summed E-state index contributed by atoms with van der Waals surface area (Å²) in [5, 5.41) is 0. The van der Waals surface area contributed by atoms with Crippen molar-refractivity contribution in [3.63, 3.8) is 0 Å². The van der Waals surface area contributed by atoms with Crippen molar-refractivity contribution < 1.29 is 50.8 Å². The fraction of sp³-hybridized carbons (Fsp3) is 0.250. The van der Waals surface area contributed by atoms with Gasteiger partial charge in [0.25, 0.3) is 0 Å². The van der Waals surface area contributed by atoms with Gasteiger partial charge in [-0.25, -0.2) is 0 Å². The van der Waals surface area contributed by atoms with Gasteiger partial charge in [0.1, 0.15) is 5.75 Å². The molecule has 0 aliphatic heterocycles. The summed E-state index contributed by atoms with van der Waals surface area (Å²) in [7, 11) is -1.83. The average Bonchev–Trinajstić information content (AvgIpc) is 2.06. The van der Waals surface area contributed by atoms with Crippen LogP contribution in [0.15, 0.2) is 30.3 Å². The maximum atomic E-state index is 10.9. The van der Waals surface area contributed by atoms with Crippen LogP contribution < -0.4 is 4.52 Å². The van der Waals surface area contributed by atoms with E-state index in [0.29, 0.717) is 11.9 Å². The molecule has 0 aliphatic rings. The predicted octanol–water partition coefficient (Wildman–Crippen LogP) is 2.56. The Morgan fingerprint density at radius 2 is 1.92 bits per heavy atom. The quantitative estimate of drug-likeness (QED) is 0.802. The minimum atomic E-state index is -1.83. The van der Waals surface area contributed by atoms with Gasteiger partial charge in [0.2, 0.25) is 8.03 Å². The van der Waals surface area contributed by atoms with Gasteiger partial charge in [0.05, 0.1) is 0 Å². The van der Waals surface area contributed by atoms with Crippen molar-refractivity contribution >= 4 is 8.03 Å². The van der Waals surface area contributed by atoms with E-state index >= 15 is 0 Å². The molecule has 0 aliphatic carbocycles. The standard InChI is InChI=1S/C8H11O2P.Ce/c1-2-11(9)10-8-6-4-3-5-7-8;/h3-7,11H,2H2,1H3;. The molecule has 4 heteroatoms. The number of benzene rings is 1. The van der Waals surface area contributed by atoms with Crippen LogP contribution in [0.1, 0.15) is 6.92 Å². The SMILES string of the molecule is CC[PH](=O)Oc1ccccc1.[Ce]. The van der Waals surface area contributed by atoms with E-state index in [1.165, 1.54) is 0 Å². The molecule has 64 valence electrons. The van der Waals surface area contributed by atoms with Crippen LogP contribution in [0, 0.1) is 41.7 Å². The van der Waals surface area contributed by atoms with E-state index in [-0.39, 0.29) is 41.7 Å². The Bertz CT molecular complexity index is 238. The minimum absolute atomic E-state index is 0. The van der Waals surface area contributed by atoms with Gasteiger partial charge in [-0.1, -0.05) is 25.1 Å². The molecule has 0 saturated carbocycles. The van der Waals surface area contributed by atoms with E-state index in [0.717, 1.165) is 0 Å². The zero-order valence-electron chi connectivity index (χ0n) is 6.91. The molecular formula is C8H11CeO2P. The molecular weight excluding hydrogens is 299 g/mol. The van der Waals surface area contributed by atoms with Gasteiger partial charge in [0.15, 0.2) is 0 Å². The second kappa shape index (κ2) is 7.07. The molecule has 12 heavy (non-hydrogen) atoms.